The van der Waals surface area contributed by atoms with Gasteiger partial charge in [-0.3, -0.25) is 14.9 Å². The van der Waals surface area contributed by atoms with Crippen LogP contribution >= 0.6 is 0 Å². The van der Waals surface area contributed by atoms with E-state index in [1.165, 1.54) is 0 Å². The predicted molar refractivity (Wildman–Crippen MR) is 83.4 cm³/mol. The van der Waals surface area contributed by atoms with Crippen LogP contribution < -0.4 is 5.32 Å². The smallest absolute Gasteiger partial charge is 0.338 e. The number of carbonyl (C=O) groups excluding carboxylic acids is 2. The third kappa shape index (κ3) is 4.34. The second kappa shape index (κ2) is 7.47. The molecule has 1 N–H and O–H groups in total. The number of nitro benzene ring substituents is 1. The van der Waals surface area contributed by atoms with Crippen LogP contribution in [0.1, 0.15) is 27.6 Å². The Labute approximate surface area is 140 Å². The van der Waals surface area contributed by atoms with E-state index in [1.54, 1.807) is 6.92 Å². The standard InChI is InChI=1S/C16H12F2N2O5/c1-2-25-16(22)10-5-9(6-12(7-10)20(23)24)15(21)19-14-8-11(17)3-4-13(14)18/h3-8H,2H2,1H3,(H,19,21). The van der Waals surface area contributed by atoms with Crippen molar-refractivity contribution in [3.05, 3.63) is 69.3 Å². The van der Waals surface area contributed by atoms with Crippen LogP contribution in [0.2, 0.25) is 0 Å². The van der Waals surface area contributed by atoms with Gasteiger partial charge in [0.05, 0.1) is 22.8 Å². The molecule has 0 bridgehead atoms. The summed E-state index contributed by atoms with van der Waals surface area (Å²) >= 11 is 0. The second-order valence-electron chi connectivity index (χ2n) is 4.82. The van der Waals surface area contributed by atoms with Crippen molar-refractivity contribution in [1.82, 2.24) is 0 Å². The van der Waals surface area contributed by atoms with Gasteiger partial charge in [0, 0.05) is 23.8 Å². The Hall–Kier alpha value is -3.36. The zero-order valence-corrected chi connectivity index (χ0v) is 12.9. The van der Waals surface area contributed by atoms with Gasteiger partial charge in [-0.15, -0.1) is 0 Å². The van der Waals surface area contributed by atoms with E-state index >= 15 is 0 Å². The number of anilines is 1. The topological polar surface area (TPSA) is 98.5 Å². The number of ether oxygens (including phenoxy) is 1. The second-order valence-corrected chi connectivity index (χ2v) is 4.82. The minimum atomic E-state index is -0.946. The molecule has 0 aliphatic carbocycles. The van der Waals surface area contributed by atoms with Crippen molar-refractivity contribution in [1.29, 1.82) is 0 Å². The van der Waals surface area contributed by atoms with Gasteiger partial charge < -0.3 is 10.1 Å². The molecule has 130 valence electrons. The number of hydrogen-bond acceptors (Lipinski definition) is 5. The lowest BCUT2D eigenvalue weighted by atomic mass is 10.1. The van der Waals surface area contributed by atoms with Crippen molar-refractivity contribution in [3.63, 3.8) is 0 Å². The van der Waals surface area contributed by atoms with Gasteiger partial charge in [0.1, 0.15) is 11.6 Å². The molecule has 0 fully saturated rings. The maximum Gasteiger partial charge on any atom is 0.338 e. The van der Waals surface area contributed by atoms with Crippen LogP contribution in [0.25, 0.3) is 0 Å². The van der Waals surface area contributed by atoms with E-state index in [2.05, 4.69) is 5.32 Å². The number of nitrogens with one attached hydrogen (secondary N) is 1. The number of nitro groups is 1. The highest BCUT2D eigenvalue weighted by Crippen LogP contribution is 2.21. The van der Waals surface area contributed by atoms with E-state index in [0.717, 1.165) is 36.4 Å². The number of halogens is 2. The molecular weight excluding hydrogens is 338 g/mol. The number of nitrogens with zero attached hydrogens (tertiary/aromatic N) is 1. The molecule has 0 heterocycles. The Bertz CT molecular complexity index is 854. The van der Waals surface area contributed by atoms with Crippen LogP contribution in [0.5, 0.6) is 0 Å². The summed E-state index contributed by atoms with van der Waals surface area (Å²) in [6, 6.07) is 5.39. The molecule has 0 radical (unpaired) electrons. The maximum absolute atomic E-state index is 13.6. The van der Waals surface area contributed by atoms with Crippen LogP contribution in [0.4, 0.5) is 20.2 Å². The number of rotatable bonds is 5. The monoisotopic (exact) mass is 350 g/mol. The number of carbonyl (C=O) groups is 2. The van der Waals surface area contributed by atoms with E-state index in [9.17, 15) is 28.5 Å². The molecule has 0 atom stereocenters. The zero-order chi connectivity index (χ0) is 18.6. The molecule has 0 aliphatic heterocycles. The molecule has 1 amide bonds. The molecule has 25 heavy (non-hydrogen) atoms. The van der Waals surface area contributed by atoms with E-state index in [0.29, 0.717) is 0 Å². The fourth-order valence-electron chi connectivity index (χ4n) is 1.97. The number of hydrogen-bond donors (Lipinski definition) is 1. The summed E-state index contributed by atoms with van der Waals surface area (Å²) in [5.41, 5.74) is -1.44. The van der Waals surface area contributed by atoms with E-state index in [1.807, 2.05) is 0 Å². The summed E-state index contributed by atoms with van der Waals surface area (Å²) in [6.45, 7) is 1.59. The molecule has 0 spiro atoms. The van der Waals surface area contributed by atoms with E-state index in [4.69, 9.17) is 4.74 Å². The van der Waals surface area contributed by atoms with Gasteiger partial charge >= 0.3 is 5.97 Å². The number of benzene rings is 2. The molecule has 7 nitrogen and oxygen atoms in total. The van der Waals surface area contributed by atoms with Gasteiger partial charge in [-0.1, -0.05) is 0 Å². The first kappa shape index (κ1) is 18.0. The lowest BCUT2D eigenvalue weighted by molar-refractivity contribution is -0.384. The van der Waals surface area contributed by atoms with Crippen LogP contribution in [0.15, 0.2) is 36.4 Å². The average molecular weight is 350 g/mol. The van der Waals surface area contributed by atoms with Gasteiger partial charge in [0.15, 0.2) is 0 Å². The van der Waals surface area contributed by atoms with Crippen LogP contribution in [-0.4, -0.2) is 23.4 Å². The number of non-ortho nitro benzene ring substituents is 1. The van der Waals surface area contributed by atoms with Crippen molar-refractivity contribution >= 4 is 23.3 Å². The van der Waals surface area contributed by atoms with Crippen LogP contribution in [0, 0.1) is 21.7 Å². The minimum absolute atomic E-state index is 0.0392. The molecule has 0 aromatic heterocycles. The molecule has 0 unspecified atom stereocenters. The van der Waals surface area contributed by atoms with Crippen molar-refractivity contribution in [2.24, 2.45) is 0 Å². The molecule has 0 saturated carbocycles. The highest BCUT2D eigenvalue weighted by molar-refractivity contribution is 6.06. The first-order valence-electron chi connectivity index (χ1n) is 7.04. The van der Waals surface area contributed by atoms with Gasteiger partial charge in [0.25, 0.3) is 11.6 Å². The first-order valence-corrected chi connectivity index (χ1v) is 7.04. The molecule has 9 heteroatoms. The third-order valence-corrected chi connectivity index (χ3v) is 3.08. The highest BCUT2D eigenvalue weighted by Gasteiger charge is 2.19. The normalized spacial score (nSPS) is 10.2. The molecular formula is C16H12F2N2O5. The fraction of sp³-hybridized carbons (Fsp3) is 0.125. The van der Waals surface area contributed by atoms with Gasteiger partial charge in [0.2, 0.25) is 0 Å². The summed E-state index contributed by atoms with van der Waals surface area (Å²) in [7, 11) is 0. The van der Waals surface area contributed by atoms with Crippen LogP contribution in [-0.2, 0) is 4.74 Å². The summed E-state index contributed by atoms with van der Waals surface area (Å²) in [6.07, 6.45) is 0. The molecule has 2 aromatic rings. The Balaban J connectivity index is 2.39. The van der Waals surface area contributed by atoms with Crippen LogP contribution in [0.3, 0.4) is 0 Å². The summed E-state index contributed by atoms with van der Waals surface area (Å²) < 4.78 is 31.5. The van der Waals surface area contributed by atoms with Gasteiger partial charge in [-0.25, -0.2) is 13.6 Å². The fourth-order valence-corrected chi connectivity index (χ4v) is 1.97. The highest BCUT2D eigenvalue weighted by atomic mass is 19.1. The number of amides is 1. The maximum atomic E-state index is 13.6. The first-order chi connectivity index (χ1) is 11.8. The molecule has 0 aliphatic rings. The molecule has 2 aromatic carbocycles. The summed E-state index contributed by atoms with van der Waals surface area (Å²) in [5, 5.41) is 13.1. The van der Waals surface area contributed by atoms with Crippen molar-refractivity contribution in [2.45, 2.75) is 6.92 Å². The molecule has 0 saturated heterocycles. The Morgan fingerprint density at radius 1 is 1.16 bits per heavy atom. The Kier molecular flexibility index (Phi) is 5.38. The van der Waals surface area contributed by atoms with Gasteiger partial charge in [-0.05, 0) is 25.1 Å². The quantitative estimate of drug-likeness (QED) is 0.507. The van der Waals surface area contributed by atoms with E-state index in [-0.39, 0.29) is 17.7 Å². The third-order valence-electron chi connectivity index (χ3n) is 3.08. The van der Waals surface area contributed by atoms with Gasteiger partial charge in [-0.2, -0.15) is 0 Å². The lowest BCUT2D eigenvalue weighted by Crippen LogP contribution is -2.15. The Morgan fingerprint density at radius 2 is 1.84 bits per heavy atom. The largest absolute Gasteiger partial charge is 0.462 e. The average Bonchev–Trinajstić information content (AvgIpc) is 2.57. The predicted octanol–water partition coefficient (Wildman–Crippen LogP) is 3.30. The molecule has 2 rings (SSSR count). The van der Waals surface area contributed by atoms with Crippen molar-refractivity contribution in [2.75, 3.05) is 11.9 Å². The van der Waals surface area contributed by atoms with E-state index < -0.39 is 39.8 Å². The Morgan fingerprint density at radius 3 is 2.48 bits per heavy atom. The minimum Gasteiger partial charge on any atom is -0.462 e. The zero-order valence-electron chi connectivity index (χ0n) is 12.9. The van der Waals surface area contributed by atoms with Crippen molar-refractivity contribution < 1.29 is 28.0 Å². The summed E-state index contributed by atoms with van der Waals surface area (Å²) in [4.78, 5) is 34.2. The summed E-state index contributed by atoms with van der Waals surface area (Å²) in [5.74, 6) is -3.45. The SMILES string of the molecule is CCOC(=O)c1cc(C(=O)Nc2cc(F)ccc2F)cc([N+](=O)[O-])c1. The van der Waals surface area contributed by atoms with Crippen molar-refractivity contribution in [3.8, 4) is 0 Å². The number of esters is 1. The lowest BCUT2D eigenvalue weighted by Gasteiger charge is -2.08.